The molecule has 1 aromatic carbocycles. The van der Waals surface area contributed by atoms with Gasteiger partial charge in [0.05, 0.1) is 23.9 Å². The van der Waals surface area contributed by atoms with Gasteiger partial charge in [-0.25, -0.2) is 4.79 Å². The highest BCUT2D eigenvalue weighted by Crippen LogP contribution is 2.29. The molecule has 0 spiro atoms. The summed E-state index contributed by atoms with van der Waals surface area (Å²) in [6, 6.07) is 6.45. The van der Waals surface area contributed by atoms with Crippen LogP contribution in [0.1, 0.15) is 28.2 Å². The second-order valence-corrected chi connectivity index (χ2v) is 6.34. The number of thiophene rings is 1. The van der Waals surface area contributed by atoms with E-state index in [4.69, 9.17) is 26.8 Å². The lowest BCUT2D eigenvalue weighted by molar-refractivity contribution is -0.124. The summed E-state index contributed by atoms with van der Waals surface area (Å²) in [4.78, 5) is 25.0. The summed E-state index contributed by atoms with van der Waals surface area (Å²) < 4.78 is 10.1. The van der Waals surface area contributed by atoms with Gasteiger partial charge in [0.15, 0.2) is 6.61 Å². The first kappa shape index (κ1) is 18.1. The van der Waals surface area contributed by atoms with E-state index in [1.165, 1.54) is 30.6 Å². The smallest absolute Gasteiger partial charge is 0.342 e. The number of benzene rings is 1. The highest BCUT2D eigenvalue weighted by molar-refractivity contribution is 7.10. The highest BCUT2D eigenvalue weighted by atomic mass is 35.5. The third-order valence-corrected chi connectivity index (χ3v) is 4.60. The van der Waals surface area contributed by atoms with E-state index in [9.17, 15) is 9.59 Å². The number of methoxy groups -OCH3 is 1. The number of ether oxygens (including phenoxy) is 2. The molecular formula is C16H17ClN2O4S. The number of carbonyl (C=O) groups excluding carboxylic acids is 2. The number of amides is 1. The number of nitrogens with two attached hydrogens (primary N) is 1. The van der Waals surface area contributed by atoms with Gasteiger partial charge in [-0.1, -0.05) is 17.7 Å². The lowest BCUT2D eigenvalue weighted by Crippen LogP contribution is -2.30. The molecule has 0 bridgehead atoms. The van der Waals surface area contributed by atoms with Crippen LogP contribution in [0.4, 0.5) is 5.69 Å². The Kier molecular flexibility index (Phi) is 6.05. The number of hydrogen-bond acceptors (Lipinski definition) is 6. The van der Waals surface area contributed by atoms with Crippen molar-refractivity contribution in [3.8, 4) is 5.75 Å². The van der Waals surface area contributed by atoms with Gasteiger partial charge in [0.2, 0.25) is 0 Å². The van der Waals surface area contributed by atoms with E-state index in [1.54, 1.807) is 0 Å². The molecule has 0 aliphatic carbocycles. The Bertz CT molecular complexity index is 734. The zero-order valence-electron chi connectivity index (χ0n) is 13.2. The Labute approximate surface area is 148 Å². The van der Waals surface area contributed by atoms with Crippen LogP contribution in [0, 0.1) is 0 Å². The highest BCUT2D eigenvalue weighted by Gasteiger charge is 2.18. The van der Waals surface area contributed by atoms with Gasteiger partial charge >= 0.3 is 5.97 Å². The van der Waals surface area contributed by atoms with Gasteiger partial charge in [-0.2, -0.15) is 0 Å². The van der Waals surface area contributed by atoms with Crippen molar-refractivity contribution in [3.63, 3.8) is 0 Å². The summed E-state index contributed by atoms with van der Waals surface area (Å²) in [5.74, 6) is -0.883. The minimum atomic E-state index is -0.715. The first-order chi connectivity index (χ1) is 11.4. The van der Waals surface area contributed by atoms with E-state index in [0.717, 1.165) is 4.88 Å². The molecule has 1 amide bonds. The normalized spacial score (nSPS) is 11.6. The maximum Gasteiger partial charge on any atom is 0.342 e. The third kappa shape index (κ3) is 4.39. The molecule has 0 radical (unpaired) electrons. The van der Waals surface area contributed by atoms with Crippen molar-refractivity contribution in [3.05, 3.63) is 45.1 Å². The van der Waals surface area contributed by atoms with Crippen molar-refractivity contribution < 1.29 is 19.1 Å². The zero-order chi connectivity index (χ0) is 17.7. The van der Waals surface area contributed by atoms with E-state index >= 15 is 0 Å². The fourth-order valence-corrected chi connectivity index (χ4v) is 2.90. The quantitative estimate of drug-likeness (QED) is 0.604. The molecule has 6 nitrogen and oxygen atoms in total. The fourth-order valence-electron chi connectivity index (χ4n) is 2.00. The Morgan fingerprint density at radius 2 is 2.17 bits per heavy atom. The van der Waals surface area contributed by atoms with Crippen molar-refractivity contribution in [1.82, 2.24) is 5.32 Å². The summed E-state index contributed by atoms with van der Waals surface area (Å²) >= 11 is 7.45. The molecule has 3 N–H and O–H groups in total. The molecule has 8 heteroatoms. The van der Waals surface area contributed by atoms with E-state index in [0.29, 0.717) is 0 Å². The minimum absolute atomic E-state index is 0.107. The Morgan fingerprint density at radius 1 is 1.42 bits per heavy atom. The zero-order valence-corrected chi connectivity index (χ0v) is 14.7. The van der Waals surface area contributed by atoms with Gasteiger partial charge in [0.1, 0.15) is 11.3 Å². The van der Waals surface area contributed by atoms with Crippen LogP contribution in [-0.2, 0) is 9.53 Å². The standard InChI is InChI=1S/C16H17ClN2O4S/c1-9(14-4-3-5-24-14)19-15(20)8-23-16(21)10-6-11(17)12(18)7-13(10)22-2/h3-7,9H,8,18H2,1-2H3,(H,19,20)/t9-/m1/s1. The molecule has 0 aliphatic heterocycles. The van der Waals surface area contributed by atoms with Gasteiger partial charge < -0.3 is 20.5 Å². The van der Waals surface area contributed by atoms with Gasteiger partial charge in [-0.3, -0.25) is 4.79 Å². The predicted octanol–water partition coefficient (Wildman–Crippen LogP) is 3.03. The molecule has 0 aliphatic rings. The Hall–Kier alpha value is -2.25. The van der Waals surface area contributed by atoms with Crippen LogP contribution in [-0.4, -0.2) is 25.6 Å². The molecule has 1 atom stereocenters. The van der Waals surface area contributed by atoms with Crippen molar-refractivity contribution in [1.29, 1.82) is 0 Å². The first-order valence-electron chi connectivity index (χ1n) is 7.05. The van der Waals surface area contributed by atoms with Gasteiger partial charge in [0.25, 0.3) is 5.91 Å². The molecule has 128 valence electrons. The predicted molar refractivity (Wildman–Crippen MR) is 93.6 cm³/mol. The summed E-state index contributed by atoms with van der Waals surface area (Å²) in [6.45, 7) is 1.45. The molecule has 1 heterocycles. The Morgan fingerprint density at radius 3 is 2.79 bits per heavy atom. The largest absolute Gasteiger partial charge is 0.496 e. The van der Waals surface area contributed by atoms with E-state index in [1.807, 2.05) is 24.4 Å². The number of anilines is 1. The van der Waals surface area contributed by atoms with Crippen LogP contribution < -0.4 is 15.8 Å². The summed E-state index contributed by atoms with van der Waals surface area (Å²) in [7, 11) is 1.40. The average molecular weight is 369 g/mol. The molecule has 0 saturated carbocycles. The minimum Gasteiger partial charge on any atom is -0.496 e. The van der Waals surface area contributed by atoms with E-state index in [2.05, 4.69) is 5.32 Å². The molecule has 2 aromatic rings. The lowest BCUT2D eigenvalue weighted by Gasteiger charge is -2.13. The van der Waals surface area contributed by atoms with E-state index in [-0.39, 0.29) is 28.1 Å². The second-order valence-electron chi connectivity index (χ2n) is 4.95. The molecule has 24 heavy (non-hydrogen) atoms. The fraction of sp³-hybridized carbons (Fsp3) is 0.250. The maximum atomic E-state index is 12.1. The summed E-state index contributed by atoms with van der Waals surface area (Å²) in [6.07, 6.45) is 0. The SMILES string of the molecule is COc1cc(N)c(Cl)cc1C(=O)OCC(=O)N[C@H](C)c1cccs1. The molecule has 1 aromatic heterocycles. The van der Waals surface area contributed by atoms with Crippen molar-refractivity contribution in [2.45, 2.75) is 13.0 Å². The second kappa shape index (κ2) is 8.03. The number of hydrogen-bond donors (Lipinski definition) is 2. The maximum absolute atomic E-state index is 12.1. The number of rotatable bonds is 6. The van der Waals surface area contributed by atoms with Crippen LogP contribution in [0.5, 0.6) is 5.75 Å². The van der Waals surface area contributed by atoms with Gasteiger partial charge in [-0.15, -0.1) is 11.3 Å². The van der Waals surface area contributed by atoms with Gasteiger partial charge in [-0.05, 0) is 24.4 Å². The number of nitrogens with one attached hydrogen (secondary N) is 1. The topological polar surface area (TPSA) is 90.7 Å². The molecule has 0 fully saturated rings. The lowest BCUT2D eigenvalue weighted by atomic mass is 10.2. The first-order valence-corrected chi connectivity index (χ1v) is 8.31. The third-order valence-electron chi connectivity index (χ3n) is 3.22. The van der Waals surface area contributed by atoms with Crippen LogP contribution in [0.3, 0.4) is 0 Å². The molecule has 0 unspecified atom stereocenters. The Balaban J connectivity index is 1.95. The van der Waals surface area contributed by atoms with Gasteiger partial charge in [0, 0.05) is 10.9 Å². The molecular weight excluding hydrogens is 352 g/mol. The monoisotopic (exact) mass is 368 g/mol. The van der Waals surface area contributed by atoms with Crippen LogP contribution in [0.25, 0.3) is 0 Å². The molecule has 0 saturated heterocycles. The average Bonchev–Trinajstić information content (AvgIpc) is 3.09. The van der Waals surface area contributed by atoms with Crippen LogP contribution in [0.15, 0.2) is 29.6 Å². The summed E-state index contributed by atoms with van der Waals surface area (Å²) in [5, 5.41) is 4.89. The summed E-state index contributed by atoms with van der Waals surface area (Å²) in [5.41, 5.74) is 6.05. The van der Waals surface area contributed by atoms with Crippen LogP contribution in [0.2, 0.25) is 5.02 Å². The van der Waals surface area contributed by atoms with Crippen molar-refractivity contribution in [2.75, 3.05) is 19.5 Å². The number of esters is 1. The number of nitrogen functional groups attached to an aromatic ring is 1. The number of halogens is 1. The van der Waals surface area contributed by atoms with E-state index < -0.39 is 18.5 Å². The number of carbonyl (C=O) groups is 2. The van der Waals surface area contributed by atoms with Crippen LogP contribution >= 0.6 is 22.9 Å². The molecule has 2 rings (SSSR count). The van der Waals surface area contributed by atoms with Crippen molar-refractivity contribution in [2.24, 2.45) is 0 Å². The van der Waals surface area contributed by atoms with Crippen molar-refractivity contribution >= 4 is 40.5 Å².